The zero-order valence-electron chi connectivity index (χ0n) is 18.8. The summed E-state index contributed by atoms with van der Waals surface area (Å²) >= 11 is 11.9. The Labute approximate surface area is 210 Å². The number of nitrogens with zero attached hydrogens (tertiary/aromatic N) is 1. The molecule has 3 aromatic carbocycles. The third-order valence-electron chi connectivity index (χ3n) is 5.78. The number of nitrogens with one attached hydrogen (secondary N) is 1. The Kier molecular flexibility index (Phi) is 6.86. The summed E-state index contributed by atoms with van der Waals surface area (Å²) in [5.74, 6) is -0.203. The first-order valence-corrected chi connectivity index (χ1v) is 11.5. The van der Waals surface area contributed by atoms with E-state index in [9.17, 15) is 18.0 Å². The molecule has 1 unspecified atom stereocenters. The minimum Gasteiger partial charge on any atom is -0.309 e. The summed E-state index contributed by atoms with van der Waals surface area (Å²) in [6.07, 6.45) is -3.86. The summed E-state index contributed by atoms with van der Waals surface area (Å²) < 4.78 is 42.7. The van der Waals surface area contributed by atoms with Gasteiger partial charge in [-0.05, 0) is 73.5 Å². The largest absolute Gasteiger partial charge is 0.428 e. The molecule has 4 nitrogen and oxygen atoms in total. The molecule has 0 spiro atoms. The van der Waals surface area contributed by atoms with Crippen LogP contribution in [0.3, 0.4) is 0 Å². The van der Waals surface area contributed by atoms with Gasteiger partial charge < -0.3 is 4.90 Å². The van der Waals surface area contributed by atoms with Crippen molar-refractivity contribution in [2.24, 2.45) is 0 Å². The summed E-state index contributed by atoms with van der Waals surface area (Å²) in [4.78, 5) is 20.0. The summed E-state index contributed by atoms with van der Waals surface area (Å²) in [7, 11) is 0. The van der Waals surface area contributed by atoms with Gasteiger partial charge in [-0.3, -0.25) is 15.1 Å². The quantitative estimate of drug-likeness (QED) is 0.383. The molecule has 0 bridgehead atoms. The summed E-state index contributed by atoms with van der Waals surface area (Å²) in [5.41, 5.74) is 1.72. The molecule has 0 fully saturated rings. The third kappa shape index (κ3) is 4.76. The number of aryl methyl sites for hydroxylation is 1. The number of para-hydroxylation sites is 1. The van der Waals surface area contributed by atoms with E-state index in [0.29, 0.717) is 23.2 Å². The fourth-order valence-corrected chi connectivity index (χ4v) is 4.55. The number of carbonyl (C=O) groups is 1. The van der Waals surface area contributed by atoms with Crippen LogP contribution >= 0.6 is 23.2 Å². The molecule has 35 heavy (non-hydrogen) atoms. The average Bonchev–Trinajstić information content (AvgIpc) is 3.27. The van der Waals surface area contributed by atoms with Gasteiger partial charge in [-0.1, -0.05) is 47.5 Å². The van der Waals surface area contributed by atoms with E-state index in [2.05, 4.69) is 5.48 Å². The number of halogens is 5. The summed E-state index contributed by atoms with van der Waals surface area (Å²) in [6.45, 7) is 4.07. The van der Waals surface area contributed by atoms with E-state index in [0.717, 1.165) is 23.9 Å². The molecule has 0 saturated heterocycles. The topological polar surface area (TPSA) is 41.6 Å². The number of hydrogen-bond acceptors (Lipinski definition) is 3. The SMILES string of the molecule is CCN(C(=O)c1ccc(C2=CC(c3cc(Cl)cc(Cl)c3)(C(F)(F)F)ON2)cc1C)c1ccccc1. The van der Waals surface area contributed by atoms with E-state index in [-0.39, 0.29) is 27.2 Å². The van der Waals surface area contributed by atoms with Crippen molar-refractivity contribution in [3.8, 4) is 0 Å². The van der Waals surface area contributed by atoms with Gasteiger partial charge in [0.2, 0.25) is 5.60 Å². The van der Waals surface area contributed by atoms with Crippen molar-refractivity contribution in [3.05, 3.63) is 105 Å². The van der Waals surface area contributed by atoms with Crippen LogP contribution in [0.15, 0.2) is 72.8 Å². The highest BCUT2D eigenvalue weighted by Crippen LogP contribution is 2.48. The number of carbonyl (C=O) groups excluding carboxylic acids is 1. The second-order valence-corrected chi connectivity index (χ2v) is 8.94. The van der Waals surface area contributed by atoms with Crippen molar-refractivity contribution < 1.29 is 22.8 Å². The lowest BCUT2D eigenvalue weighted by Crippen LogP contribution is -2.42. The van der Waals surface area contributed by atoms with Crippen molar-refractivity contribution >= 4 is 40.5 Å². The van der Waals surface area contributed by atoms with E-state index in [4.69, 9.17) is 28.0 Å². The molecule has 0 aromatic heterocycles. The smallest absolute Gasteiger partial charge is 0.309 e. The van der Waals surface area contributed by atoms with Crippen LogP contribution < -0.4 is 10.4 Å². The van der Waals surface area contributed by atoms with Gasteiger partial charge in [0, 0.05) is 33.4 Å². The van der Waals surface area contributed by atoms with Crippen molar-refractivity contribution in [2.45, 2.75) is 25.6 Å². The standard InChI is InChI=1S/C26H21Cl2F3N2O2/c1-3-33(21-7-5-4-6-8-21)24(34)22-10-9-17(11-16(22)2)23-15-25(35-32-23,26(29,30)31)18-12-19(27)14-20(28)13-18/h4-15,32H,3H2,1-2H3. The number of hydroxylamine groups is 1. The molecule has 0 radical (unpaired) electrons. The van der Waals surface area contributed by atoms with Crippen LogP contribution in [-0.2, 0) is 10.4 Å². The fourth-order valence-electron chi connectivity index (χ4n) is 4.02. The van der Waals surface area contributed by atoms with Crippen LogP contribution in [0, 0.1) is 6.92 Å². The highest BCUT2D eigenvalue weighted by atomic mass is 35.5. The van der Waals surface area contributed by atoms with Crippen molar-refractivity contribution in [1.29, 1.82) is 0 Å². The highest BCUT2D eigenvalue weighted by molar-refractivity contribution is 6.34. The lowest BCUT2D eigenvalue weighted by molar-refractivity contribution is -0.269. The van der Waals surface area contributed by atoms with E-state index < -0.39 is 11.8 Å². The molecule has 1 N–H and O–H groups in total. The van der Waals surface area contributed by atoms with E-state index in [1.807, 2.05) is 37.3 Å². The normalized spacial score (nSPS) is 17.6. The van der Waals surface area contributed by atoms with Crippen LogP contribution in [0.4, 0.5) is 18.9 Å². The van der Waals surface area contributed by atoms with Crippen molar-refractivity contribution in [2.75, 3.05) is 11.4 Å². The van der Waals surface area contributed by atoms with Gasteiger partial charge in [0.1, 0.15) is 0 Å². The maximum absolute atomic E-state index is 14.2. The summed E-state index contributed by atoms with van der Waals surface area (Å²) in [5, 5.41) is 0.110. The van der Waals surface area contributed by atoms with Crippen molar-refractivity contribution in [3.63, 3.8) is 0 Å². The summed E-state index contributed by atoms with van der Waals surface area (Å²) in [6, 6.07) is 17.7. The first kappa shape index (κ1) is 25.1. The second-order valence-electron chi connectivity index (χ2n) is 8.07. The third-order valence-corrected chi connectivity index (χ3v) is 6.22. The minimum absolute atomic E-state index is 0.0548. The number of alkyl halides is 3. The van der Waals surface area contributed by atoms with Gasteiger partial charge in [-0.2, -0.15) is 13.2 Å². The van der Waals surface area contributed by atoms with E-state index in [1.165, 1.54) is 6.07 Å². The lowest BCUT2D eigenvalue weighted by atomic mass is 9.91. The Bertz CT molecular complexity index is 1280. The van der Waals surface area contributed by atoms with Crippen LogP contribution in [0.5, 0.6) is 0 Å². The number of hydrogen-bond donors (Lipinski definition) is 1. The first-order chi connectivity index (χ1) is 16.6. The molecule has 1 atom stereocenters. The van der Waals surface area contributed by atoms with E-state index in [1.54, 1.807) is 30.0 Å². The Balaban J connectivity index is 1.70. The molecule has 1 aliphatic rings. The minimum atomic E-state index is -4.81. The molecule has 1 aliphatic heterocycles. The molecule has 3 aromatic rings. The zero-order valence-corrected chi connectivity index (χ0v) is 20.3. The van der Waals surface area contributed by atoms with Gasteiger partial charge in [0.15, 0.2) is 0 Å². The van der Waals surface area contributed by atoms with Gasteiger partial charge in [-0.15, -0.1) is 0 Å². The Morgan fingerprint density at radius 2 is 1.69 bits per heavy atom. The Hall–Kier alpha value is -3.00. The zero-order chi connectivity index (χ0) is 25.4. The average molecular weight is 521 g/mol. The predicted molar refractivity (Wildman–Crippen MR) is 131 cm³/mol. The highest BCUT2D eigenvalue weighted by Gasteiger charge is 2.59. The van der Waals surface area contributed by atoms with Crippen LogP contribution in [0.2, 0.25) is 10.0 Å². The molecular weight excluding hydrogens is 500 g/mol. The molecule has 9 heteroatoms. The molecular formula is C26H21Cl2F3N2O2. The molecule has 1 heterocycles. The molecule has 0 saturated carbocycles. The van der Waals surface area contributed by atoms with Crippen LogP contribution in [-0.4, -0.2) is 18.6 Å². The Morgan fingerprint density at radius 3 is 2.26 bits per heavy atom. The number of rotatable bonds is 5. The molecule has 1 amide bonds. The van der Waals surface area contributed by atoms with Crippen molar-refractivity contribution in [1.82, 2.24) is 5.48 Å². The number of anilines is 1. The van der Waals surface area contributed by atoms with Gasteiger partial charge in [0.25, 0.3) is 5.91 Å². The number of benzene rings is 3. The molecule has 4 rings (SSSR count). The molecule has 0 aliphatic carbocycles. The monoisotopic (exact) mass is 520 g/mol. The van der Waals surface area contributed by atoms with Gasteiger partial charge in [0.05, 0.1) is 5.70 Å². The van der Waals surface area contributed by atoms with Gasteiger partial charge >= 0.3 is 6.18 Å². The maximum atomic E-state index is 14.2. The van der Waals surface area contributed by atoms with Crippen LogP contribution in [0.1, 0.15) is 34.0 Å². The number of amides is 1. The predicted octanol–water partition coefficient (Wildman–Crippen LogP) is 7.30. The first-order valence-electron chi connectivity index (χ1n) is 10.7. The second kappa shape index (κ2) is 9.57. The molecule has 182 valence electrons. The van der Waals surface area contributed by atoms with Crippen LogP contribution in [0.25, 0.3) is 5.70 Å². The maximum Gasteiger partial charge on any atom is 0.428 e. The van der Waals surface area contributed by atoms with E-state index >= 15 is 0 Å². The Morgan fingerprint density at radius 1 is 1.03 bits per heavy atom. The van der Waals surface area contributed by atoms with Gasteiger partial charge in [-0.25, -0.2) is 0 Å². The lowest BCUT2D eigenvalue weighted by Gasteiger charge is -2.28. The fraction of sp³-hybridized carbons (Fsp3) is 0.192.